The molecule has 0 bridgehead atoms. The fraction of sp³-hybridized carbons (Fsp3) is 0.545. The minimum Gasteiger partial charge on any atom is -0.394 e. The average molecular weight is 566 g/mol. The molecule has 5 rings (SSSR count). The minimum absolute atomic E-state index is 0.0783. The summed E-state index contributed by atoms with van der Waals surface area (Å²) in [6.45, 7) is 0.809. The van der Waals surface area contributed by atoms with Gasteiger partial charge in [-0.15, -0.1) is 5.10 Å². The maximum absolute atomic E-state index is 12.0. The van der Waals surface area contributed by atoms with Gasteiger partial charge in [-0.05, 0) is 6.92 Å². The second kappa shape index (κ2) is 11.9. The lowest BCUT2D eigenvalue weighted by Gasteiger charge is -2.15. The van der Waals surface area contributed by atoms with Crippen LogP contribution in [0.1, 0.15) is 24.5 Å². The molecular formula is C22H31N9O9. The van der Waals surface area contributed by atoms with Crippen molar-refractivity contribution < 1.29 is 40.1 Å². The number of nitrogens with zero attached hydrogens (tertiary/aromatic N) is 5. The third-order valence-corrected chi connectivity index (χ3v) is 6.59. The Morgan fingerprint density at radius 2 is 1.65 bits per heavy atom. The van der Waals surface area contributed by atoms with E-state index < -0.39 is 61.1 Å². The van der Waals surface area contributed by atoms with Crippen LogP contribution >= 0.6 is 0 Å². The molecule has 0 aliphatic carbocycles. The number of nitrogens with two attached hydrogens (primary N) is 1. The lowest BCUT2D eigenvalue weighted by Crippen LogP contribution is -2.35. The largest absolute Gasteiger partial charge is 0.394 e. The van der Waals surface area contributed by atoms with Crippen molar-refractivity contribution in [3.05, 3.63) is 40.6 Å². The number of amidine groups is 1. The van der Waals surface area contributed by atoms with E-state index in [0.717, 1.165) is 0 Å². The van der Waals surface area contributed by atoms with Crippen LogP contribution in [0.25, 0.3) is 11.0 Å². The maximum Gasteiger partial charge on any atom is 0.260 e. The van der Waals surface area contributed by atoms with E-state index in [2.05, 4.69) is 20.1 Å². The van der Waals surface area contributed by atoms with Crippen molar-refractivity contribution in [3.63, 3.8) is 0 Å². The Morgan fingerprint density at radius 3 is 2.20 bits per heavy atom. The first-order valence-electron chi connectivity index (χ1n) is 12.1. The number of rotatable bonds is 7. The quantitative estimate of drug-likeness (QED) is 0.0960. The molecular weight excluding hydrogens is 534 g/mol. The Labute approximate surface area is 225 Å². The molecule has 218 valence electrons. The number of aliphatic hydroxyl groups excluding tert-OH is 6. The number of nitrogens with one attached hydrogen (secondary N) is 3. The highest BCUT2D eigenvalue weighted by molar-refractivity contribution is 6.06. The fourth-order valence-electron chi connectivity index (χ4n) is 4.46. The Morgan fingerprint density at radius 1 is 1.02 bits per heavy atom. The summed E-state index contributed by atoms with van der Waals surface area (Å²) in [5.74, 6) is -0.0591. The molecule has 0 saturated carbocycles. The number of hydrogen-bond acceptors (Lipinski definition) is 14. The molecule has 18 heteroatoms. The number of ether oxygens (including phenoxy) is 2. The van der Waals surface area contributed by atoms with Crippen LogP contribution in [0.3, 0.4) is 0 Å². The van der Waals surface area contributed by atoms with Crippen molar-refractivity contribution in [1.29, 1.82) is 10.8 Å². The minimum atomic E-state index is -1.20. The van der Waals surface area contributed by atoms with Gasteiger partial charge in [0, 0.05) is 11.8 Å². The first kappa shape index (κ1) is 29.4. The zero-order chi connectivity index (χ0) is 29.3. The fourth-order valence-corrected chi connectivity index (χ4v) is 4.46. The SMILES string of the molecule is CC(=N)c1ncn(C2OC(CO)C(O)C2O)n1.N=C(N)c1cn(CC2OC(CO)C(O)C2O)c2nc[nH]c(=O)c12. The van der Waals surface area contributed by atoms with Crippen LogP contribution in [-0.4, -0.2) is 127 Å². The Bertz CT molecular complexity index is 1420. The van der Waals surface area contributed by atoms with Crippen molar-refractivity contribution in [3.8, 4) is 0 Å². The second-order valence-corrected chi connectivity index (χ2v) is 9.32. The van der Waals surface area contributed by atoms with Crippen molar-refractivity contribution >= 4 is 22.6 Å². The average Bonchev–Trinajstić information content (AvgIpc) is 3.68. The van der Waals surface area contributed by atoms with Crippen LogP contribution in [0.15, 0.2) is 23.6 Å². The first-order chi connectivity index (χ1) is 19.0. The Balaban J connectivity index is 0.000000194. The highest BCUT2D eigenvalue weighted by atomic mass is 16.6. The summed E-state index contributed by atoms with van der Waals surface area (Å²) in [7, 11) is 0. The van der Waals surface area contributed by atoms with Gasteiger partial charge in [0.05, 0.1) is 37.2 Å². The number of aliphatic hydroxyl groups is 6. The number of hydrogen-bond donors (Lipinski definition) is 10. The smallest absolute Gasteiger partial charge is 0.260 e. The molecule has 0 spiro atoms. The van der Waals surface area contributed by atoms with E-state index >= 15 is 0 Å². The number of nitrogen functional groups attached to an aromatic ring is 1. The molecule has 5 heterocycles. The van der Waals surface area contributed by atoms with Crippen LogP contribution in [0.4, 0.5) is 0 Å². The van der Waals surface area contributed by atoms with Crippen LogP contribution in [-0.2, 0) is 16.0 Å². The summed E-state index contributed by atoms with van der Waals surface area (Å²) < 4.78 is 13.4. The van der Waals surface area contributed by atoms with E-state index in [9.17, 15) is 25.2 Å². The standard InChI is InChI=1S/C13H17N5O5.C9H14N4O4/c14-11(15)5-1-18(12-8(5)13(22)17-4-16-12)2-6-9(20)10(21)7(3-19)23-6;1-4(10)8-11-3-13(12-8)9-7(16)6(15)5(2-14)17-9/h1,4,6-7,9-10,19-21H,2-3H2,(H3,14,15)(H,16,17,22);3,5-7,9-10,14-16H,2H2,1H3. The summed E-state index contributed by atoms with van der Waals surface area (Å²) >= 11 is 0. The predicted octanol–water partition coefficient (Wildman–Crippen LogP) is -4.23. The van der Waals surface area contributed by atoms with Gasteiger partial charge in [-0.25, -0.2) is 14.6 Å². The lowest BCUT2D eigenvalue weighted by atomic mass is 10.1. The number of aromatic amines is 1. The molecule has 8 atom stereocenters. The third kappa shape index (κ3) is 5.51. The molecule has 3 aromatic rings. The normalized spacial score (nSPS) is 29.9. The number of aromatic nitrogens is 6. The Kier molecular flexibility index (Phi) is 8.71. The molecule has 2 aliphatic rings. The Hall–Kier alpha value is -3.62. The van der Waals surface area contributed by atoms with Gasteiger partial charge in [-0.1, -0.05) is 0 Å². The molecule has 18 nitrogen and oxygen atoms in total. The monoisotopic (exact) mass is 565 g/mol. The van der Waals surface area contributed by atoms with Gasteiger partial charge in [0.1, 0.15) is 60.5 Å². The molecule has 0 radical (unpaired) electrons. The van der Waals surface area contributed by atoms with E-state index in [1.165, 1.54) is 35.0 Å². The molecule has 8 unspecified atom stereocenters. The van der Waals surface area contributed by atoms with E-state index in [-0.39, 0.29) is 47.1 Å². The zero-order valence-electron chi connectivity index (χ0n) is 21.2. The summed E-state index contributed by atoms with van der Waals surface area (Å²) in [5.41, 5.74) is 5.77. The molecule has 40 heavy (non-hydrogen) atoms. The van der Waals surface area contributed by atoms with E-state index in [0.29, 0.717) is 0 Å². The molecule has 0 amide bonds. The van der Waals surface area contributed by atoms with Gasteiger partial charge >= 0.3 is 0 Å². The highest BCUT2D eigenvalue weighted by Gasteiger charge is 2.44. The second-order valence-electron chi connectivity index (χ2n) is 9.32. The summed E-state index contributed by atoms with van der Waals surface area (Å²) in [6, 6.07) is 0. The van der Waals surface area contributed by atoms with Gasteiger partial charge in [0.2, 0.25) is 0 Å². The predicted molar refractivity (Wildman–Crippen MR) is 135 cm³/mol. The van der Waals surface area contributed by atoms with Crippen LogP contribution < -0.4 is 11.3 Å². The van der Waals surface area contributed by atoms with Crippen molar-refractivity contribution in [1.82, 2.24) is 29.3 Å². The van der Waals surface area contributed by atoms with Gasteiger partial charge in [0.25, 0.3) is 5.56 Å². The van der Waals surface area contributed by atoms with Gasteiger partial charge in [0.15, 0.2) is 12.1 Å². The molecule has 3 aromatic heterocycles. The van der Waals surface area contributed by atoms with Crippen molar-refractivity contribution in [2.24, 2.45) is 5.73 Å². The number of H-pyrrole nitrogens is 1. The molecule has 0 aromatic carbocycles. The molecule has 2 fully saturated rings. The summed E-state index contributed by atoms with van der Waals surface area (Å²) in [6.07, 6.45) is -4.14. The topological polar surface area (TPSA) is 295 Å². The van der Waals surface area contributed by atoms with Crippen LogP contribution in [0, 0.1) is 10.8 Å². The van der Waals surface area contributed by atoms with E-state index in [4.69, 9.17) is 36.2 Å². The highest BCUT2D eigenvalue weighted by Crippen LogP contribution is 2.28. The van der Waals surface area contributed by atoms with Gasteiger partial charge in [-0.3, -0.25) is 10.2 Å². The molecule has 2 aliphatic heterocycles. The van der Waals surface area contributed by atoms with Crippen molar-refractivity contribution in [2.45, 2.75) is 62.4 Å². The molecule has 11 N–H and O–H groups in total. The van der Waals surface area contributed by atoms with Gasteiger partial charge < -0.3 is 60.8 Å². The van der Waals surface area contributed by atoms with Crippen molar-refractivity contribution in [2.75, 3.05) is 13.2 Å². The van der Waals surface area contributed by atoms with E-state index in [1.54, 1.807) is 0 Å². The maximum atomic E-state index is 12.0. The first-order valence-corrected chi connectivity index (χ1v) is 12.1. The summed E-state index contributed by atoms with van der Waals surface area (Å²) in [5, 5.41) is 76.2. The zero-order valence-corrected chi connectivity index (χ0v) is 21.2. The number of fused-ring (bicyclic) bond motifs is 1. The lowest BCUT2D eigenvalue weighted by molar-refractivity contribution is -0.0588. The van der Waals surface area contributed by atoms with E-state index in [1.807, 2.05) is 0 Å². The third-order valence-electron chi connectivity index (χ3n) is 6.59. The van der Waals surface area contributed by atoms with Crippen LogP contribution in [0.5, 0.6) is 0 Å². The van der Waals surface area contributed by atoms with Crippen LogP contribution in [0.2, 0.25) is 0 Å². The van der Waals surface area contributed by atoms with Gasteiger partial charge in [-0.2, -0.15) is 0 Å². The summed E-state index contributed by atoms with van der Waals surface area (Å²) in [4.78, 5) is 22.3. The molecule has 2 saturated heterocycles.